The van der Waals surface area contributed by atoms with E-state index in [0.29, 0.717) is 29.8 Å². The molecule has 1 amide bonds. The van der Waals surface area contributed by atoms with Gasteiger partial charge >= 0.3 is 0 Å². The summed E-state index contributed by atoms with van der Waals surface area (Å²) in [5.74, 6) is 1.53. The van der Waals surface area contributed by atoms with E-state index in [0.717, 1.165) is 61.4 Å². The van der Waals surface area contributed by atoms with E-state index in [1.165, 1.54) is 0 Å². The Morgan fingerprint density at radius 2 is 1.88 bits per heavy atom. The largest absolute Gasteiger partial charge is 0.357 e. The summed E-state index contributed by atoms with van der Waals surface area (Å²) >= 11 is 6.42. The van der Waals surface area contributed by atoms with E-state index in [1.807, 2.05) is 25.1 Å². The van der Waals surface area contributed by atoms with Gasteiger partial charge in [-0.15, -0.1) is 0 Å². The number of aryl methyl sites for hydroxylation is 1. The molecular weight excluding hydrogens is 460 g/mol. The monoisotopic (exact) mass is 488 g/mol. The molecule has 3 aliphatic rings. The number of amides is 1. The number of carbonyl (C=O) groups is 1. The Labute approximate surface area is 200 Å². The van der Waals surface area contributed by atoms with Crippen molar-refractivity contribution in [2.45, 2.75) is 37.9 Å². The van der Waals surface area contributed by atoms with Crippen molar-refractivity contribution in [2.24, 2.45) is 11.8 Å². The Hall–Kier alpha value is -2.19. The highest BCUT2D eigenvalue weighted by molar-refractivity contribution is 7.92. The molecule has 0 unspecified atom stereocenters. The summed E-state index contributed by atoms with van der Waals surface area (Å²) in [6, 6.07) is 5.89. The molecule has 2 aromatic rings. The molecule has 2 aromatic heterocycles. The van der Waals surface area contributed by atoms with Crippen molar-refractivity contribution in [3.8, 4) is 11.3 Å². The third-order valence-corrected chi connectivity index (χ3v) is 9.66. The van der Waals surface area contributed by atoms with E-state index in [1.54, 1.807) is 17.3 Å². The Balaban J connectivity index is 1.18. The number of likely N-dealkylation sites (tertiary alicyclic amines) is 1. The van der Waals surface area contributed by atoms with Gasteiger partial charge in [0.25, 0.3) is 0 Å². The molecule has 0 N–H and O–H groups in total. The molecule has 4 heterocycles. The first-order chi connectivity index (χ1) is 15.8. The second-order valence-corrected chi connectivity index (χ2v) is 12.3. The van der Waals surface area contributed by atoms with Crippen LogP contribution in [0.15, 0.2) is 30.6 Å². The Morgan fingerprint density at radius 3 is 2.55 bits per heavy atom. The predicted octanol–water partition coefficient (Wildman–Crippen LogP) is 3.36. The summed E-state index contributed by atoms with van der Waals surface area (Å²) in [5.41, 5.74) is 2.75. The van der Waals surface area contributed by atoms with Crippen molar-refractivity contribution in [1.29, 1.82) is 0 Å². The summed E-state index contributed by atoms with van der Waals surface area (Å²) in [5, 5.41) is 0.198. The van der Waals surface area contributed by atoms with Gasteiger partial charge in [-0.2, -0.15) is 0 Å². The minimum atomic E-state index is -3.06. The second kappa shape index (κ2) is 8.87. The maximum atomic E-state index is 12.9. The number of hydrogen-bond acceptors (Lipinski definition) is 6. The lowest BCUT2D eigenvalue weighted by Gasteiger charge is -2.42. The van der Waals surface area contributed by atoms with Gasteiger partial charge in [-0.05, 0) is 56.2 Å². The minimum Gasteiger partial charge on any atom is -0.357 e. The highest BCUT2D eigenvalue weighted by Gasteiger charge is 2.43. The molecule has 3 fully saturated rings. The van der Waals surface area contributed by atoms with E-state index in [9.17, 15) is 13.2 Å². The lowest BCUT2D eigenvalue weighted by Crippen LogP contribution is -2.59. The molecule has 9 heteroatoms. The fraction of sp³-hybridized carbons (Fsp3) is 0.542. The van der Waals surface area contributed by atoms with Crippen LogP contribution in [-0.4, -0.2) is 66.4 Å². The zero-order chi connectivity index (χ0) is 23.2. The zero-order valence-electron chi connectivity index (χ0n) is 18.8. The maximum Gasteiger partial charge on any atom is 0.225 e. The molecule has 2 saturated heterocycles. The van der Waals surface area contributed by atoms with Crippen molar-refractivity contribution in [1.82, 2.24) is 14.9 Å². The predicted molar refractivity (Wildman–Crippen MR) is 129 cm³/mol. The maximum absolute atomic E-state index is 12.9. The molecule has 0 bridgehead atoms. The van der Waals surface area contributed by atoms with Crippen LogP contribution >= 0.6 is 11.6 Å². The van der Waals surface area contributed by atoms with Crippen LogP contribution in [0, 0.1) is 18.8 Å². The first-order valence-electron chi connectivity index (χ1n) is 11.6. The van der Waals surface area contributed by atoms with Gasteiger partial charge in [0.15, 0.2) is 9.84 Å². The lowest BCUT2D eigenvalue weighted by molar-refractivity contribution is -0.139. The third-order valence-electron chi connectivity index (χ3n) is 7.11. The fourth-order valence-corrected chi connectivity index (χ4v) is 7.03. The number of hydrogen-bond donors (Lipinski definition) is 0. The van der Waals surface area contributed by atoms with Crippen molar-refractivity contribution < 1.29 is 13.2 Å². The van der Waals surface area contributed by atoms with Gasteiger partial charge in [-0.1, -0.05) is 17.7 Å². The number of pyridine rings is 2. The van der Waals surface area contributed by atoms with E-state index >= 15 is 0 Å². The number of halogens is 1. The van der Waals surface area contributed by atoms with Gasteiger partial charge in [0, 0.05) is 50.1 Å². The summed E-state index contributed by atoms with van der Waals surface area (Å²) in [4.78, 5) is 25.8. The van der Waals surface area contributed by atoms with E-state index in [4.69, 9.17) is 11.6 Å². The van der Waals surface area contributed by atoms with Gasteiger partial charge in [0.1, 0.15) is 5.82 Å². The molecular formula is C24H29ClN4O3S. The van der Waals surface area contributed by atoms with Crippen molar-refractivity contribution >= 4 is 33.2 Å². The summed E-state index contributed by atoms with van der Waals surface area (Å²) in [7, 11) is -3.06. The van der Waals surface area contributed by atoms with Crippen LogP contribution in [0.5, 0.6) is 0 Å². The average molecular weight is 489 g/mol. The molecule has 176 valence electrons. The van der Waals surface area contributed by atoms with Crippen molar-refractivity contribution in [3.63, 3.8) is 0 Å². The Bertz CT molecular complexity index is 1150. The van der Waals surface area contributed by atoms with Crippen LogP contribution in [0.4, 0.5) is 5.82 Å². The van der Waals surface area contributed by atoms with Crippen LogP contribution in [0.2, 0.25) is 5.02 Å². The number of nitrogens with zero attached hydrogens (tertiary/aromatic N) is 4. The second-order valence-electron chi connectivity index (χ2n) is 9.59. The molecule has 33 heavy (non-hydrogen) atoms. The van der Waals surface area contributed by atoms with Crippen LogP contribution in [-0.2, 0) is 14.6 Å². The highest BCUT2D eigenvalue weighted by atomic mass is 35.5. The number of anilines is 1. The number of rotatable bonds is 6. The van der Waals surface area contributed by atoms with Crippen molar-refractivity contribution in [2.75, 3.05) is 36.8 Å². The quantitative estimate of drug-likeness (QED) is 0.620. The minimum absolute atomic E-state index is 0.0573. The van der Waals surface area contributed by atoms with E-state index < -0.39 is 9.84 Å². The smallest absolute Gasteiger partial charge is 0.225 e. The van der Waals surface area contributed by atoms with Crippen LogP contribution in [0.25, 0.3) is 11.3 Å². The average Bonchev–Trinajstić information content (AvgIpc) is 3.57. The topological polar surface area (TPSA) is 83.5 Å². The molecule has 0 atom stereocenters. The summed E-state index contributed by atoms with van der Waals surface area (Å²) in [6.07, 6.45) is 6.94. The molecule has 0 radical (unpaired) electrons. The molecule has 2 aliphatic heterocycles. The normalized spacial score (nSPS) is 20.1. The molecule has 1 saturated carbocycles. The van der Waals surface area contributed by atoms with Gasteiger partial charge in [-0.3, -0.25) is 9.78 Å². The van der Waals surface area contributed by atoms with E-state index in [-0.39, 0.29) is 17.1 Å². The van der Waals surface area contributed by atoms with Gasteiger partial charge in [0.05, 0.1) is 21.7 Å². The fourth-order valence-electron chi connectivity index (χ4n) is 4.76. The molecule has 1 aliphatic carbocycles. The van der Waals surface area contributed by atoms with Crippen LogP contribution < -0.4 is 4.90 Å². The molecule has 5 rings (SSSR count). The molecule has 0 aromatic carbocycles. The van der Waals surface area contributed by atoms with Crippen LogP contribution in [0.1, 0.15) is 31.2 Å². The van der Waals surface area contributed by atoms with Gasteiger partial charge in [-0.25, -0.2) is 13.4 Å². The lowest BCUT2D eigenvalue weighted by atomic mass is 9.94. The SMILES string of the molecule is Cc1cccnc1-c1cc(N2CCC(C(=O)N3CC(S(=O)(=O)CC4CC4)C3)CC2)ncc1Cl. The highest BCUT2D eigenvalue weighted by Crippen LogP contribution is 2.34. The number of piperidine rings is 1. The molecule has 0 spiro atoms. The number of sulfone groups is 1. The Morgan fingerprint density at radius 1 is 1.15 bits per heavy atom. The summed E-state index contributed by atoms with van der Waals surface area (Å²) < 4.78 is 24.8. The number of aromatic nitrogens is 2. The van der Waals surface area contributed by atoms with E-state index in [2.05, 4.69) is 14.9 Å². The van der Waals surface area contributed by atoms with Crippen LogP contribution in [0.3, 0.4) is 0 Å². The molecule has 7 nitrogen and oxygen atoms in total. The third kappa shape index (κ3) is 4.73. The number of carbonyl (C=O) groups excluding carboxylic acids is 1. The Kier molecular flexibility index (Phi) is 6.07. The first-order valence-corrected chi connectivity index (χ1v) is 13.7. The summed E-state index contributed by atoms with van der Waals surface area (Å²) in [6.45, 7) is 4.18. The zero-order valence-corrected chi connectivity index (χ0v) is 20.4. The van der Waals surface area contributed by atoms with Gasteiger partial charge < -0.3 is 9.80 Å². The first kappa shape index (κ1) is 22.6. The van der Waals surface area contributed by atoms with Gasteiger partial charge in [0.2, 0.25) is 5.91 Å². The standard InChI is InChI=1S/C24H29ClN4O3S/c1-16-3-2-8-26-23(16)20-11-22(27-12-21(20)25)28-9-6-18(7-10-28)24(30)29-13-19(14-29)33(31,32)15-17-4-5-17/h2-3,8,11-12,17-19H,4-7,9-10,13-15H2,1H3. The van der Waals surface area contributed by atoms with Crippen molar-refractivity contribution in [3.05, 3.63) is 41.2 Å².